The number of nitrogens with one attached hydrogen (secondary N) is 1. The third-order valence-corrected chi connectivity index (χ3v) is 3.00. The van der Waals surface area contributed by atoms with E-state index in [9.17, 15) is 5.11 Å². The maximum absolute atomic E-state index is 9.80. The molecule has 100 valence electrons. The van der Waals surface area contributed by atoms with E-state index in [4.69, 9.17) is 4.74 Å². The molecule has 20 heavy (non-hydrogen) atoms. The highest BCUT2D eigenvalue weighted by atomic mass is 16.5. The third kappa shape index (κ3) is 2.21. The molecule has 5 nitrogen and oxygen atoms in total. The number of ether oxygens (including phenoxy) is 1. The van der Waals surface area contributed by atoms with Crippen LogP contribution in [0.3, 0.4) is 0 Å². The average molecular weight is 267 g/mol. The van der Waals surface area contributed by atoms with Crippen LogP contribution in [-0.4, -0.2) is 22.2 Å². The number of aromatic nitrogens is 2. The molecule has 3 rings (SSSR count). The number of nitrogens with zero attached hydrogens (tertiary/aromatic N) is 2. The molecule has 0 bridgehead atoms. The summed E-state index contributed by atoms with van der Waals surface area (Å²) < 4.78 is 5.12. The van der Waals surface area contributed by atoms with E-state index in [0.29, 0.717) is 11.3 Å². The van der Waals surface area contributed by atoms with E-state index in [2.05, 4.69) is 15.3 Å². The fourth-order valence-electron chi connectivity index (χ4n) is 1.98. The highest BCUT2D eigenvalue weighted by Crippen LogP contribution is 2.28. The van der Waals surface area contributed by atoms with Gasteiger partial charge in [-0.1, -0.05) is 6.07 Å². The largest absolute Gasteiger partial charge is 0.506 e. The van der Waals surface area contributed by atoms with Crippen molar-refractivity contribution in [2.75, 3.05) is 12.4 Å². The molecule has 0 spiro atoms. The number of hydrogen-bond acceptors (Lipinski definition) is 5. The first-order valence-electron chi connectivity index (χ1n) is 6.11. The summed E-state index contributed by atoms with van der Waals surface area (Å²) >= 11 is 0. The van der Waals surface area contributed by atoms with Gasteiger partial charge in [0.1, 0.15) is 29.2 Å². The number of benzene rings is 2. The van der Waals surface area contributed by atoms with Crippen molar-refractivity contribution in [3.63, 3.8) is 0 Å². The molecule has 0 radical (unpaired) electrons. The highest BCUT2D eigenvalue weighted by molar-refractivity contribution is 5.93. The minimum absolute atomic E-state index is 0.141. The second-order valence-electron chi connectivity index (χ2n) is 4.25. The predicted molar refractivity (Wildman–Crippen MR) is 77.5 cm³/mol. The van der Waals surface area contributed by atoms with Crippen LogP contribution >= 0.6 is 0 Å². The van der Waals surface area contributed by atoms with Crippen molar-refractivity contribution in [3.05, 3.63) is 48.8 Å². The molecular formula is C15H13N3O2. The predicted octanol–water partition coefficient (Wildman–Crippen LogP) is 3.09. The van der Waals surface area contributed by atoms with E-state index < -0.39 is 0 Å². The maximum Gasteiger partial charge on any atom is 0.142 e. The number of methoxy groups -OCH3 is 1. The first-order valence-corrected chi connectivity index (χ1v) is 6.11. The molecule has 0 unspecified atom stereocenters. The fraction of sp³-hybridized carbons (Fsp3) is 0.0667. The van der Waals surface area contributed by atoms with Gasteiger partial charge >= 0.3 is 0 Å². The van der Waals surface area contributed by atoms with Gasteiger partial charge in [-0.3, -0.25) is 0 Å². The van der Waals surface area contributed by atoms with Crippen LogP contribution in [0.1, 0.15) is 0 Å². The zero-order valence-corrected chi connectivity index (χ0v) is 10.9. The Bertz CT molecular complexity index is 742. The number of anilines is 2. The number of para-hydroxylation sites is 1. The summed E-state index contributed by atoms with van der Waals surface area (Å²) in [5.74, 6) is 1.58. The normalized spacial score (nSPS) is 10.4. The number of phenolic OH excluding ortho intramolecular Hbond substituents is 1. The Morgan fingerprint density at radius 3 is 2.60 bits per heavy atom. The van der Waals surface area contributed by atoms with Crippen molar-refractivity contribution < 1.29 is 9.84 Å². The Kier molecular flexibility index (Phi) is 3.09. The van der Waals surface area contributed by atoms with Crippen LogP contribution in [0.2, 0.25) is 0 Å². The number of rotatable bonds is 3. The lowest BCUT2D eigenvalue weighted by atomic mass is 10.2. The Morgan fingerprint density at radius 2 is 1.85 bits per heavy atom. The second kappa shape index (κ2) is 5.05. The van der Waals surface area contributed by atoms with Crippen LogP contribution in [0.5, 0.6) is 11.5 Å². The number of fused-ring (bicyclic) bond motifs is 1. The topological polar surface area (TPSA) is 67.3 Å². The van der Waals surface area contributed by atoms with Crippen molar-refractivity contribution in [1.82, 2.24) is 9.97 Å². The first kappa shape index (κ1) is 12.2. The molecule has 0 aliphatic carbocycles. The van der Waals surface area contributed by atoms with Crippen molar-refractivity contribution >= 4 is 22.4 Å². The number of phenols is 1. The minimum atomic E-state index is 0.141. The maximum atomic E-state index is 9.80. The monoisotopic (exact) mass is 267 g/mol. The summed E-state index contributed by atoms with van der Waals surface area (Å²) in [6.07, 6.45) is 1.42. The van der Waals surface area contributed by atoms with Crippen LogP contribution in [-0.2, 0) is 0 Å². The second-order valence-corrected chi connectivity index (χ2v) is 4.25. The fourth-order valence-corrected chi connectivity index (χ4v) is 1.98. The van der Waals surface area contributed by atoms with Gasteiger partial charge in [-0.15, -0.1) is 0 Å². The van der Waals surface area contributed by atoms with Gasteiger partial charge in [-0.2, -0.15) is 0 Å². The average Bonchev–Trinajstić information content (AvgIpc) is 2.49. The Morgan fingerprint density at radius 1 is 1.05 bits per heavy atom. The van der Waals surface area contributed by atoms with E-state index in [0.717, 1.165) is 16.8 Å². The summed E-state index contributed by atoms with van der Waals surface area (Å²) in [7, 11) is 1.63. The molecule has 0 saturated heterocycles. The smallest absolute Gasteiger partial charge is 0.142 e. The van der Waals surface area contributed by atoms with Gasteiger partial charge in [0.25, 0.3) is 0 Å². The summed E-state index contributed by atoms with van der Waals surface area (Å²) in [5, 5.41) is 13.8. The molecule has 0 saturated carbocycles. The Hall–Kier alpha value is -2.82. The van der Waals surface area contributed by atoms with E-state index in [1.54, 1.807) is 19.2 Å². The third-order valence-electron chi connectivity index (χ3n) is 3.00. The molecule has 2 aromatic carbocycles. The quantitative estimate of drug-likeness (QED) is 0.763. The SMILES string of the molecule is COc1ccc(Nc2ncnc3c(O)cccc23)cc1. The Balaban J connectivity index is 1.99. The lowest BCUT2D eigenvalue weighted by molar-refractivity contribution is 0.415. The molecule has 5 heteroatoms. The lowest BCUT2D eigenvalue weighted by Gasteiger charge is -2.09. The van der Waals surface area contributed by atoms with Crippen LogP contribution in [0.15, 0.2) is 48.8 Å². The van der Waals surface area contributed by atoms with Gasteiger partial charge in [0.2, 0.25) is 0 Å². The highest BCUT2D eigenvalue weighted by Gasteiger charge is 2.06. The molecule has 0 aliphatic rings. The number of hydrogen-bond donors (Lipinski definition) is 2. The zero-order chi connectivity index (χ0) is 13.9. The van der Waals surface area contributed by atoms with Crippen LogP contribution in [0, 0.1) is 0 Å². The summed E-state index contributed by atoms with van der Waals surface area (Å²) in [4.78, 5) is 8.31. The van der Waals surface area contributed by atoms with Gasteiger partial charge in [-0.25, -0.2) is 9.97 Å². The molecule has 1 aromatic heterocycles. The standard InChI is InChI=1S/C15H13N3O2/c1-20-11-7-5-10(6-8-11)18-15-12-3-2-4-13(19)14(12)16-9-17-15/h2-9,19H,1H3,(H,16,17,18). The van der Waals surface area contributed by atoms with E-state index in [1.165, 1.54) is 6.33 Å². The molecule has 3 aromatic rings. The molecule has 0 fully saturated rings. The van der Waals surface area contributed by atoms with E-state index in [1.807, 2.05) is 30.3 Å². The molecular weight excluding hydrogens is 254 g/mol. The molecule has 1 heterocycles. The van der Waals surface area contributed by atoms with Gasteiger partial charge in [0, 0.05) is 11.1 Å². The summed E-state index contributed by atoms with van der Waals surface area (Å²) in [5.41, 5.74) is 1.41. The first-order chi connectivity index (χ1) is 9.78. The van der Waals surface area contributed by atoms with Gasteiger partial charge < -0.3 is 15.2 Å². The molecule has 0 aliphatic heterocycles. The van der Waals surface area contributed by atoms with Gasteiger partial charge in [-0.05, 0) is 36.4 Å². The molecule has 0 amide bonds. The minimum Gasteiger partial charge on any atom is -0.506 e. The van der Waals surface area contributed by atoms with E-state index >= 15 is 0 Å². The van der Waals surface area contributed by atoms with Crippen molar-refractivity contribution in [1.29, 1.82) is 0 Å². The van der Waals surface area contributed by atoms with Crippen LogP contribution in [0.25, 0.3) is 10.9 Å². The lowest BCUT2D eigenvalue weighted by Crippen LogP contribution is -1.96. The molecule has 2 N–H and O–H groups in total. The summed E-state index contributed by atoms with van der Waals surface area (Å²) in [6, 6.07) is 12.8. The zero-order valence-electron chi connectivity index (χ0n) is 10.9. The Labute approximate surface area is 115 Å². The van der Waals surface area contributed by atoms with E-state index in [-0.39, 0.29) is 5.75 Å². The van der Waals surface area contributed by atoms with Gasteiger partial charge in [0.15, 0.2) is 0 Å². The number of aromatic hydroxyl groups is 1. The van der Waals surface area contributed by atoms with Gasteiger partial charge in [0.05, 0.1) is 7.11 Å². The van der Waals surface area contributed by atoms with Crippen molar-refractivity contribution in [2.24, 2.45) is 0 Å². The van der Waals surface area contributed by atoms with Crippen molar-refractivity contribution in [3.8, 4) is 11.5 Å². The van der Waals surface area contributed by atoms with Crippen LogP contribution in [0.4, 0.5) is 11.5 Å². The molecule has 0 atom stereocenters. The van der Waals surface area contributed by atoms with Crippen LogP contribution < -0.4 is 10.1 Å². The summed E-state index contributed by atoms with van der Waals surface area (Å²) in [6.45, 7) is 0. The van der Waals surface area contributed by atoms with Crippen molar-refractivity contribution in [2.45, 2.75) is 0 Å².